The molecular weight excluding hydrogens is 871 g/mol. The molecule has 6 heterocycles. The van der Waals surface area contributed by atoms with Crippen LogP contribution in [0.4, 0.5) is 4.79 Å². The highest BCUT2D eigenvalue weighted by atomic mass is 32.1. The van der Waals surface area contributed by atoms with E-state index in [0.717, 1.165) is 57.5 Å². The van der Waals surface area contributed by atoms with Crippen LogP contribution in [0.1, 0.15) is 89.6 Å². The SMILES string of the molecule is C=CC(=O)N1CCN(C(=O)N(C)[C@H](C(=O)N[C@H]2Cc3nc(cs3)-c3ccc4c(c3)c(c(-c3cccnc3[C@H](C)OC)n4CC)CC(C)(C)COC(=O)[C@@H]3CCCN(N3)C2=O)C(C)C)CC12CC2. The molecule has 4 atom stereocenters. The van der Waals surface area contributed by atoms with Crippen LogP contribution in [0, 0.1) is 11.3 Å². The van der Waals surface area contributed by atoms with E-state index in [1.165, 1.54) is 27.3 Å². The topological polar surface area (TPSA) is 172 Å². The van der Waals surface area contributed by atoms with Crippen molar-refractivity contribution in [1.29, 1.82) is 0 Å². The molecule has 2 saturated heterocycles. The zero-order valence-corrected chi connectivity index (χ0v) is 40.9. The van der Waals surface area contributed by atoms with Crippen molar-refractivity contribution in [1.82, 2.24) is 45.0 Å². The van der Waals surface area contributed by atoms with Crippen LogP contribution in [0.2, 0.25) is 0 Å². The Labute approximate surface area is 397 Å². The Kier molecular flexibility index (Phi) is 13.7. The highest BCUT2D eigenvalue weighted by molar-refractivity contribution is 7.10. The molecule has 1 saturated carbocycles. The van der Waals surface area contributed by atoms with Crippen molar-refractivity contribution in [2.75, 3.05) is 46.9 Å². The van der Waals surface area contributed by atoms with E-state index in [9.17, 15) is 24.0 Å². The summed E-state index contributed by atoms with van der Waals surface area (Å²) in [6, 6.07) is 7.30. The number of esters is 1. The lowest BCUT2D eigenvalue weighted by Gasteiger charge is -2.44. The molecule has 4 aromatic rings. The van der Waals surface area contributed by atoms with Crippen LogP contribution in [-0.2, 0) is 48.0 Å². The lowest BCUT2D eigenvalue weighted by atomic mass is 9.84. The highest BCUT2D eigenvalue weighted by Gasteiger charge is 2.54. The maximum Gasteiger partial charge on any atom is 0.324 e. The second-order valence-corrected chi connectivity index (χ2v) is 20.6. The number of urea groups is 1. The minimum Gasteiger partial charge on any atom is -0.464 e. The Morgan fingerprint density at radius 3 is 2.61 bits per heavy atom. The van der Waals surface area contributed by atoms with Crippen LogP contribution in [0.15, 0.2) is 54.6 Å². The molecule has 2 N–H and O–H groups in total. The Hall–Kier alpha value is -5.65. The van der Waals surface area contributed by atoms with Gasteiger partial charge in [0.05, 0.1) is 40.3 Å². The number of benzene rings is 1. The molecule has 1 aromatic carbocycles. The van der Waals surface area contributed by atoms with E-state index >= 15 is 0 Å². The zero-order chi connectivity index (χ0) is 47.9. The standard InChI is InChI=1S/C50H65N9O7S/c1-10-41(60)58-23-22-56(28-50(58)18-19-50)48(64)55(8)43(30(3)4)45(61)53-37-25-40-52-38(27-67-40)32-16-17-39-34(24-32)35(44(57(39)11-2)33-14-12-20-51-42(33)31(5)65-9)26-49(6,7)29-66-47(63)36-15-13-21-59(54-36)46(37)62/h10,12,14,16-17,20,24,27,30-31,36-37,43,54H,1,11,13,15,18-19,21-23,25-26,28-29H2,2-9H3,(H,53,61)/t31-,36-,37-,43-/m0/s1. The van der Waals surface area contributed by atoms with Crippen molar-refractivity contribution < 1.29 is 33.4 Å². The van der Waals surface area contributed by atoms with Gasteiger partial charge < -0.3 is 34.1 Å². The third-order valence-corrected chi connectivity index (χ3v) is 14.8. The van der Waals surface area contributed by atoms with E-state index in [4.69, 9.17) is 19.4 Å². The van der Waals surface area contributed by atoms with Gasteiger partial charge in [0.15, 0.2) is 0 Å². The molecule has 17 heteroatoms. The van der Waals surface area contributed by atoms with Gasteiger partial charge in [0.2, 0.25) is 11.8 Å². The van der Waals surface area contributed by atoms with E-state index in [1.54, 1.807) is 25.3 Å². The summed E-state index contributed by atoms with van der Waals surface area (Å²) in [4.78, 5) is 84.9. The van der Waals surface area contributed by atoms with E-state index in [1.807, 2.05) is 37.1 Å². The Balaban J connectivity index is 1.14. The molecule has 0 unspecified atom stereocenters. The molecule has 3 aromatic heterocycles. The fourth-order valence-electron chi connectivity index (χ4n) is 10.3. The molecule has 1 aliphatic carbocycles. The molecule has 358 valence electrons. The average Bonchev–Trinajstić information content (AvgIpc) is 3.79. The average molecular weight is 936 g/mol. The maximum atomic E-state index is 14.7. The van der Waals surface area contributed by atoms with Crippen molar-refractivity contribution in [3.63, 3.8) is 0 Å². The van der Waals surface area contributed by atoms with Crippen LogP contribution in [0.25, 0.3) is 33.4 Å². The van der Waals surface area contributed by atoms with Gasteiger partial charge >= 0.3 is 12.0 Å². The van der Waals surface area contributed by atoms with Gasteiger partial charge in [0, 0.05) is 92.3 Å². The number of fused-ring (bicyclic) bond motifs is 6. The van der Waals surface area contributed by atoms with E-state index in [2.05, 4.69) is 66.9 Å². The number of thiazole rings is 1. The van der Waals surface area contributed by atoms with Crippen molar-refractivity contribution in [2.24, 2.45) is 11.3 Å². The first-order valence-electron chi connectivity index (χ1n) is 23.6. The fraction of sp³-hybridized carbons (Fsp3) is 0.540. The molecule has 0 radical (unpaired) electrons. The lowest BCUT2D eigenvalue weighted by molar-refractivity contribution is -0.155. The second-order valence-electron chi connectivity index (χ2n) is 19.7. The quantitative estimate of drug-likeness (QED) is 0.147. The van der Waals surface area contributed by atoms with Gasteiger partial charge in [-0.15, -0.1) is 11.3 Å². The van der Waals surface area contributed by atoms with Crippen LogP contribution in [0.5, 0.6) is 0 Å². The molecule has 1 spiro atoms. The van der Waals surface area contributed by atoms with Crippen molar-refractivity contribution >= 4 is 52.0 Å². The summed E-state index contributed by atoms with van der Waals surface area (Å²) in [7, 11) is 3.30. The summed E-state index contributed by atoms with van der Waals surface area (Å²) < 4.78 is 14.3. The minimum atomic E-state index is -1.09. The number of rotatable bonds is 9. The van der Waals surface area contributed by atoms with Crippen molar-refractivity contribution in [2.45, 2.75) is 116 Å². The fourth-order valence-corrected chi connectivity index (χ4v) is 11.1. The van der Waals surface area contributed by atoms with Crippen LogP contribution < -0.4 is 10.7 Å². The predicted octanol–water partition coefficient (Wildman–Crippen LogP) is 6.14. The number of hydrogen-bond donors (Lipinski definition) is 2. The second kappa shape index (κ2) is 19.2. The third kappa shape index (κ3) is 9.46. The number of likely N-dealkylation sites (N-methyl/N-ethyl adjacent to an activating group) is 1. The van der Waals surface area contributed by atoms with Crippen molar-refractivity contribution in [3.05, 3.63) is 70.8 Å². The molecule has 16 nitrogen and oxygen atoms in total. The number of ether oxygens (including phenoxy) is 2. The van der Waals surface area contributed by atoms with Gasteiger partial charge in [0.1, 0.15) is 18.1 Å². The number of methoxy groups -OCH3 is 1. The van der Waals surface area contributed by atoms with Crippen LogP contribution >= 0.6 is 11.3 Å². The molecule has 3 fully saturated rings. The first-order chi connectivity index (χ1) is 32.0. The Morgan fingerprint density at radius 2 is 1.91 bits per heavy atom. The molecule has 4 aliphatic rings. The van der Waals surface area contributed by atoms with Gasteiger partial charge in [-0.25, -0.2) is 15.2 Å². The summed E-state index contributed by atoms with van der Waals surface area (Å²) in [5.74, 6) is -1.82. The number of hydrazine groups is 1. The normalized spacial score (nSPS) is 21.4. The van der Waals surface area contributed by atoms with Gasteiger partial charge in [-0.2, -0.15) is 0 Å². The van der Waals surface area contributed by atoms with Gasteiger partial charge in [0.25, 0.3) is 5.91 Å². The number of nitrogens with zero attached hydrogens (tertiary/aromatic N) is 7. The first kappa shape index (κ1) is 47.8. The first-order valence-corrected chi connectivity index (χ1v) is 24.5. The smallest absolute Gasteiger partial charge is 0.324 e. The Bertz CT molecular complexity index is 2560. The highest BCUT2D eigenvalue weighted by Crippen LogP contribution is 2.45. The van der Waals surface area contributed by atoms with Gasteiger partial charge in [-0.3, -0.25) is 29.2 Å². The minimum absolute atomic E-state index is 0.0757. The van der Waals surface area contributed by atoms with Gasteiger partial charge in [-0.05, 0) is 87.8 Å². The number of pyridine rings is 1. The summed E-state index contributed by atoms with van der Waals surface area (Å²) in [6.45, 7) is 17.9. The predicted molar refractivity (Wildman–Crippen MR) is 257 cm³/mol. The van der Waals surface area contributed by atoms with E-state index in [0.29, 0.717) is 57.0 Å². The number of piperazine rings is 1. The number of aromatic nitrogens is 3. The largest absolute Gasteiger partial charge is 0.464 e. The summed E-state index contributed by atoms with van der Waals surface area (Å²) >= 11 is 1.41. The number of cyclic esters (lactones) is 1. The molecule has 5 amide bonds. The summed E-state index contributed by atoms with van der Waals surface area (Å²) in [5.41, 5.74) is 8.86. The summed E-state index contributed by atoms with van der Waals surface area (Å²) in [6.07, 6.45) is 6.09. The Morgan fingerprint density at radius 1 is 1.13 bits per heavy atom. The number of carbonyl (C=O) groups excluding carboxylic acids is 5. The molecule has 6 bridgehead atoms. The number of carbonyl (C=O) groups is 5. The van der Waals surface area contributed by atoms with Crippen LogP contribution in [-0.4, -0.2) is 135 Å². The third-order valence-electron chi connectivity index (χ3n) is 14.0. The summed E-state index contributed by atoms with van der Waals surface area (Å²) in [5, 5.41) is 8.14. The van der Waals surface area contributed by atoms with Gasteiger partial charge in [-0.1, -0.05) is 40.3 Å². The maximum absolute atomic E-state index is 14.7. The molecule has 67 heavy (non-hydrogen) atoms. The zero-order valence-electron chi connectivity index (χ0n) is 40.1. The van der Waals surface area contributed by atoms with E-state index in [-0.39, 0.29) is 37.0 Å². The lowest BCUT2D eigenvalue weighted by Crippen LogP contribution is -2.64. The molecule has 8 rings (SSSR count). The van der Waals surface area contributed by atoms with Crippen LogP contribution in [0.3, 0.4) is 0 Å². The molecule has 3 aliphatic heterocycles. The number of nitrogens with one attached hydrogen (secondary N) is 2. The monoisotopic (exact) mass is 935 g/mol. The number of aryl methyl sites for hydroxylation is 1. The van der Waals surface area contributed by atoms with E-state index < -0.39 is 46.9 Å². The number of amides is 5. The molecular formula is C50H65N9O7S. The van der Waals surface area contributed by atoms with Crippen molar-refractivity contribution in [3.8, 4) is 22.5 Å². The number of hydrogen-bond acceptors (Lipinski definition) is 11.